The first-order chi connectivity index (χ1) is 14.5. The Morgan fingerprint density at radius 3 is 2.10 bits per heavy atom. The summed E-state index contributed by atoms with van der Waals surface area (Å²) in [6.07, 6.45) is 6.29. The standard InChI is InChI=1S/C24H33N3O2S/c1-2-26-16-18-27(19-17-26)23-12-10-22(11-13-23)25-30(28,29)24-14-8-21(9-15-24)20-6-4-3-5-7-20/h8-15,20,25H,2-7,16-19H2,1H3. The van der Waals surface area contributed by atoms with Gasteiger partial charge in [0.25, 0.3) is 10.0 Å². The van der Waals surface area contributed by atoms with Gasteiger partial charge in [0.1, 0.15) is 0 Å². The van der Waals surface area contributed by atoms with Crippen molar-refractivity contribution in [3.8, 4) is 0 Å². The van der Waals surface area contributed by atoms with E-state index in [0.29, 0.717) is 16.5 Å². The van der Waals surface area contributed by atoms with Crippen molar-refractivity contribution < 1.29 is 8.42 Å². The number of rotatable bonds is 6. The lowest BCUT2D eigenvalue weighted by Gasteiger charge is -2.35. The number of nitrogens with one attached hydrogen (secondary N) is 1. The van der Waals surface area contributed by atoms with E-state index >= 15 is 0 Å². The molecule has 1 aliphatic heterocycles. The predicted octanol–water partition coefficient (Wildman–Crippen LogP) is 4.68. The van der Waals surface area contributed by atoms with Crippen LogP contribution < -0.4 is 9.62 Å². The van der Waals surface area contributed by atoms with Crippen LogP contribution in [0, 0.1) is 0 Å². The van der Waals surface area contributed by atoms with E-state index in [0.717, 1.165) is 38.4 Å². The molecule has 2 aromatic rings. The fourth-order valence-electron chi connectivity index (χ4n) is 4.63. The first kappa shape index (κ1) is 21.2. The van der Waals surface area contributed by atoms with Gasteiger partial charge in [0.2, 0.25) is 0 Å². The van der Waals surface area contributed by atoms with Gasteiger partial charge in [-0.3, -0.25) is 4.72 Å². The highest BCUT2D eigenvalue weighted by Gasteiger charge is 2.19. The fraction of sp³-hybridized carbons (Fsp3) is 0.500. The molecule has 30 heavy (non-hydrogen) atoms. The van der Waals surface area contributed by atoms with Crippen molar-refractivity contribution in [3.05, 3.63) is 54.1 Å². The van der Waals surface area contributed by atoms with Gasteiger partial charge in [0.05, 0.1) is 4.90 Å². The molecule has 0 radical (unpaired) electrons. The van der Waals surface area contributed by atoms with Gasteiger partial charge >= 0.3 is 0 Å². The molecule has 1 saturated carbocycles. The molecule has 0 amide bonds. The van der Waals surface area contributed by atoms with Crippen LogP contribution in [-0.2, 0) is 10.0 Å². The molecule has 0 atom stereocenters. The average molecular weight is 428 g/mol. The summed E-state index contributed by atoms with van der Waals surface area (Å²) >= 11 is 0. The lowest BCUT2D eigenvalue weighted by molar-refractivity contribution is 0.271. The number of likely N-dealkylation sites (N-methyl/N-ethyl adjacent to an activating group) is 1. The summed E-state index contributed by atoms with van der Waals surface area (Å²) in [5.41, 5.74) is 3.01. The number of sulfonamides is 1. The molecule has 4 rings (SSSR count). The quantitative estimate of drug-likeness (QED) is 0.727. The SMILES string of the molecule is CCN1CCN(c2ccc(NS(=O)(=O)c3ccc(C4CCCCC4)cc3)cc2)CC1. The Balaban J connectivity index is 1.39. The highest BCUT2D eigenvalue weighted by Crippen LogP contribution is 2.33. The zero-order chi connectivity index (χ0) is 21.0. The van der Waals surface area contributed by atoms with Crippen LogP contribution in [0.4, 0.5) is 11.4 Å². The van der Waals surface area contributed by atoms with E-state index in [1.807, 2.05) is 36.4 Å². The van der Waals surface area contributed by atoms with Crippen LogP contribution in [0.3, 0.4) is 0 Å². The second-order valence-corrected chi connectivity index (χ2v) is 10.2. The molecule has 5 nitrogen and oxygen atoms in total. The van der Waals surface area contributed by atoms with E-state index in [-0.39, 0.29) is 0 Å². The molecule has 1 heterocycles. The minimum Gasteiger partial charge on any atom is -0.369 e. The maximum absolute atomic E-state index is 12.8. The van der Waals surface area contributed by atoms with Crippen LogP contribution in [0.1, 0.15) is 50.5 Å². The molecule has 2 aromatic carbocycles. The van der Waals surface area contributed by atoms with E-state index in [1.54, 1.807) is 12.1 Å². The van der Waals surface area contributed by atoms with Gasteiger partial charge < -0.3 is 9.80 Å². The summed E-state index contributed by atoms with van der Waals surface area (Å²) in [7, 11) is -3.58. The minimum absolute atomic E-state index is 0.321. The molecule has 162 valence electrons. The lowest BCUT2D eigenvalue weighted by Crippen LogP contribution is -2.46. The first-order valence-electron chi connectivity index (χ1n) is 11.3. The highest BCUT2D eigenvalue weighted by molar-refractivity contribution is 7.92. The first-order valence-corrected chi connectivity index (χ1v) is 12.7. The third-order valence-electron chi connectivity index (χ3n) is 6.57. The van der Waals surface area contributed by atoms with Crippen LogP contribution in [0.2, 0.25) is 0 Å². The van der Waals surface area contributed by atoms with Crippen LogP contribution in [0.15, 0.2) is 53.4 Å². The molecule has 2 aliphatic rings. The van der Waals surface area contributed by atoms with Gasteiger partial charge in [-0.1, -0.05) is 38.3 Å². The minimum atomic E-state index is -3.58. The summed E-state index contributed by atoms with van der Waals surface area (Å²) in [6.45, 7) is 7.44. The third kappa shape index (κ3) is 4.98. The predicted molar refractivity (Wildman–Crippen MR) is 124 cm³/mol. The molecule has 1 aliphatic carbocycles. The largest absolute Gasteiger partial charge is 0.369 e. The van der Waals surface area contributed by atoms with E-state index in [2.05, 4.69) is 21.4 Å². The number of anilines is 2. The molecular weight excluding hydrogens is 394 g/mol. The molecule has 2 fully saturated rings. The second-order valence-electron chi connectivity index (χ2n) is 8.48. The van der Waals surface area contributed by atoms with Gasteiger partial charge in [-0.05, 0) is 67.3 Å². The monoisotopic (exact) mass is 427 g/mol. The summed E-state index contributed by atoms with van der Waals surface area (Å²) < 4.78 is 28.4. The van der Waals surface area contributed by atoms with Crippen molar-refractivity contribution >= 4 is 21.4 Å². The summed E-state index contributed by atoms with van der Waals surface area (Å²) in [5, 5.41) is 0. The van der Waals surface area contributed by atoms with Gasteiger partial charge in [-0.25, -0.2) is 8.42 Å². The van der Waals surface area contributed by atoms with E-state index in [4.69, 9.17) is 0 Å². The summed E-state index contributed by atoms with van der Waals surface area (Å²) in [5.74, 6) is 0.579. The molecule has 6 heteroatoms. The van der Waals surface area contributed by atoms with E-state index in [1.165, 1.54) is 37.7 Å². The van der Waals surface area contributed by atoms with Crippen molar-refractivity contribution in [2.75, 3.05) is 42.3 Å². The van der Waals surface area contributed by atoms with Gasteiger partial charge in [-0.15, -0.1) is 0 Å². The maximum atomic E-state index is 12.8. The van der Waals surface area contributed by atoms with Crippen LogP contribution >= 0.6 is 0 Å². The summed E-state index contributed by atoms with van der Waals surface area (Å²) in [4.78, 5) is 5.12. The van der Waals surface area contributed by atoms with Crippen LogP contribution in [0.25, 0.3) is 0 Å². The van der Waals surface area contributed by atoms with Crippen molar-refractivity contribution in [3.63, 3.8) is 0 Å². The van der Waals surface area contributed by atoms with Gasteiger partial charge in [-0.2, -0.15) is 0 Å². The zero-order valence-corrected chi connectivity index (χ0v) is 18.7. The Bertz CT molecular complexity index is 912. The molecule has 0 unspecified atom stereocenters. The van der Waals surface area contributed by atoms with Gasteiger partial charge in [0.15, 0.2) is 0 Å². The fourth-order valence-corrected chi connectivity index (χ4v) is 5.69. The third-order valence-corrected chi connectivity index (χ3v) is 7.97. The zero-order valence-electron chi connectivity index (χ0n) is 17.9. The molecule has 0 spiro atoms. The van der Waals surface area contributed by atoms with Crippen molar-refractivity contribution in [2.45, 2.75) is 49.8 Å². The Labute approximate surface area is 181 Å². The normalized spacial score (nSPS) is 19.0. The highest BCUT2D eigenvalue weighted by atomic mass is 32.2. The van der Waals surface area contributed by atoms with Crippen LogP contribution in [0.5, 0.6) is 0 Å². The average Bonchev–Trinajstić information content (AvgIpc) is 2.80. The number of piperazine rings is 1. The Kier molecular flexibility index (Phi) is 6.64. The van der Waals surface area contributed by atoms with E-state index < -0.39 is 10.0 Å². The molecule has 1 N–H and O–H groups in total. The van der Waals surface area contributed by atoms with Crippen molar-refractivity contribution in [1.29, 1.82) is 0 Å². The molecule has 0 aromatic heterocycles. The van der Waals surface area contributed by atoms with Gasteiger partial charge in [0, 0.05) is 37.6 Å². The number of hydrogen-bond donors (Lipinski definition) is 1. The topological polar surface area (TPSA) is 52.6 Å². The molecular formula is C24H33N3O2S. The second kappa shape index (κ2) is 9.40. The number of benzene rings is 2. The number of hydrogen-bond acceptors (Lipinski definition) is 4. The summed E-state index contributed by atoms with van der Waals surface area (Å²) in [6, 6.07) is 15.2. The number of nitrogens with zero attached hydrogens (tertiary/aromatic N) is 2. The lowest BCUT2D eigenvalue weighted by atomic mass is 9.84. The Morgan fingerprint density at radius 2 is 1.50 bits per heavy atom. The van der Waals surface area contributed by atoms with Crippen molar-refractivity contribution in [1.82, 2.24) is 4.90 Å². The molecule has 1 saturated heterocycles. The maximum Gasteiger partial charge on any atom is 0.261 e. The Hall–Kier alpha value is -2.05. The smallest absolute Gasteiger partial charge is 0.261 e. The van der Waals surface area contributed by atoms with Crippen molar-refractivity contribution in [2.24, 2.45) is 0 Å². The Morgan fingerprint density at radius 1 is 0.867 bits per heavy atom. The van der Waals surface area contributed by atoms with E-state index in [9.17, 15) is 8.42 Å². The van der Waals surface area contributed by atoms with Crippen LogP contribution in [-0.4, -0.2) is 46.0 Å². The molecule has 0 bridgehead atoms.